The topological polar surface area (TPSA) is 9.23 Å². The van der Waals surface area contributed by atoms with E-state index in [0.29, 0.717) is 24.3 Å². The molecule has 174 valence electrons. The number of ether oxygens (including phenoxy) is 1. The van der Waals surface area contributed by atoms with Crippen LogP contribution in [0.25, 0.3) is 0 Å². The van der Waals surface area contributed by atoms with Gasteiger partial charge in [-0.05, 0) is 66.3 Å². The molecule has 0 aromatic heterocycles. The van der Waals surface area contributed by atoms with Gasteiger partial charge in [0.2, 0.25) is 5.82 Å². The average molecular weight is 453 g/mol. The molecule has 1 nitrogen and oxygen atoms in total. The molecule has 1 fully saturated rings. The number of rotatable bonds is 9. The highest BCUT2D eigenvalue weighted by Crippen LogP contribution is 2.38. The number of allylic oxidation sites excluding steroid dienone is 1. The molecule has 2 aromatic rings. The molecule has 0 atom stereocenters. The van der Waals surface area contributed by atoms with Gasteiger partial charge in [-0.15, -0.1) is 6.58 Å². The summed E-state index contributed by atoms with van der Waals surface area (Å²) in [6.07, 6.45) is 5.46. The summed E-state index contributed by atoms with van der Waals surface area (Å²) in [4.78, 5) is 0. The molecular weight excluding hydrogens is 423 g/mol. The largest absolute Gasteiger partial charge is 0.484 e. The van der Waals surface area contributed by atoms with Gasteiger partial charge in [-0.2, -0.15) is 4.39 Å². The summed E-state index contributed by atoms with van der Waals surface area (Å²) in [6.45, 7) is 4.55. The molecule has 1 saturated carbocycles. The lowest BCUT2D eigenvalue weighted by Crippen LogP contribution is -2.29. The molecule has 2 aromatic carbocycles. The zero-order valence-electron chi connectivity index (χ0n) is 18.3. The van der Waals surface area contributed by atoms with Crippen molar-refractivity contribution in [3.8, 4) is 5.75 Å². The van der Waals surface area contributed by atoms with Crippen molar-refractivity contribution in [1.29, 1.82) is 0 Å². The van der Waals surface area contributed by atoms with Gasteiger partial charge >= 0.3 is 0 Å². The van der Waals surface area contributed by atoms with Crippen LogP contribution in [0.4, 0.5) is 22.0 Å². The van der Waals surface area contributed by atoms with E-state index in [1.807, 2.05) is 0 Å². The lowest BCUT2D eigenvalue weighted by atomic mass is 9.79. The summed E-state index contributed by atoms with van der Waals surface area (Å²) in [5.74, 6) is -6.54. The number of hydrogen-bond donors (Lipinski definition) is 0. The van der Waals surface area contributed by atoms with Crippen LogP contribution in [0.5, 0.6) is 5.75 Å². The van der Waals surface area contributed by atoms with Gasteiger partial charge < -0.3 is 4.74 Å². The summed E-state index contributed by atoms with van der Waals surface area (Å²) in [6, 6.07) is 6.78. The van der Waals surface area contributed by atoms with Crippen LogP contribution in [0.2, 0.25) is 0 Å². The zero-order valence-corrected chi connectivity index (χ0v) is 18.3. The standard InChI is InChI=1S/C26H29F5O/c1-3-4-5-18-8-11-20(22(27)14-18)15-26(30,31)16-32-23-13-12-21(24(28)25(23)29)19-9-6-17(2)7-10-19/h3,8,11-14,17,19H,1,4-7,9-10,15-16H2,2H3. The third-order valence-electron chi connectivity index (χ3n) is 6.17. The minimum Gasteiger partial charge on any atom is -0.484 e. The van der Waals surface area contributed by atoms with Gasteiger partial charge in [0.15, 0.2) is 18.2 Å². The summed E-state index contributed by atoms with van der Waals surface area (Å²) in [5.41, 5.74) is 0.803. The van der Waals surface area contributed by atoms with Crippen LogP contribution in [0, 0.1) is 23.4 Å². The van der Waals surface area contributed by atoms with Gasteiger partial charge in [0.25, 0.3) is 5.92 Å². The van der Waals surface area contributed by atoms with Crippen LogP contribution in [0.15, 0.2) is 43.0 Å². The SMILES string of the molecule is C=CCCc1ccc(CC(F)(F)COc2ccc(C3CCC(C)CC3)c(F)c2F)c(F)c1. The predicted octanol–water partition coefficient (Wildman–Crippen LogP) is 7.77. The van der Waals surface area contributed by atoms with Crippen LogP contribution in [0.3, 0.4) is 0 Å². The Bertz CT molecular complexity index is 932. The second kappa shape index (κ2) is 10.5. The Morgan fingerprint density at radius 1 is 1.03 bits per heavy atom. The van der Waals surface area contributed by atoms with E-state index in [4.69, 9.17) is 4.74 Å². The molecular formula is C26H29F5O. The number of hydrogen-bond acceptors (Lipinski definition) is 1. The maximum Gasteiger partial charge on any atom is 0.285 e. The smallest absolute Gasteiger partial charge is 0.285 e. The maximum atomic E-state index is 14.6. The number of benzene rings is 2. The Morgan fingerprint density at radius 2 is 1.75 bits per heavy atom. The molecule has 0 N–H and O–H groups in total. The fraction of sp³-hybridized carbons (Fsp3) is 0.462. The Morgan fingerprint density at radius 3 is 2.41 bits per heavy atom. The molecule has 0 bridgehead atoms. The average Bonchev–Trinajstić information content (AvgIpc) is 2.76. The van der Waals surface area contributed by atoms with Crippen molar-refractivity contribution in [2.24, 2.45) is 5.92 Å². The molecule has 3 rings (SSSR count). The molecule has 6 heteroatoms. The van der Waals surface area contributed by atoms with Crippen LogP contribution < -0.4 is 4.74 Å². The molecule has 0 aliphatic heterocycles. The van der Waals surface area contributed by atoms with Crippen molar-refractivity contribution in [2.75, 3.05) is 6.61 Å². The first kappa shape index (κ1) is 24.3. The molecule has 32 heavy (non-hydrogen) atoms. The number of aryl methyl sites for hydroxylation is 1. The number of alkyl halides is 2. The number of halogens is 5. The van der Waals surface area contributed by atoms with E-state index >= 15 is 0 Å². The van der Waals surface area contributed by atoms with E-state index in [1.165, 1.54) is 24.3 Å². The zero-order chi connectivity index (χ0) is 23.3. The fourth-order valence-electron chi connectivity index (χ4n) is 4.22. The summed E-state index contributed by atoms with van der Waals surface area (Å²) >= 11 is 0. The molecule has 0 spiro atoms. The lowest BCUT2D eigenvalue weighted by molar-refractivity contribution is -0.0416. The van der Waals surface area contributed by atoms with Gasteiger partial charge in [0.05, 0.1) is 0 Å². The Balaban J connectivity index is 1.64. The summed E-state index contributed by atoms with van der Waals surface area (Å²) < 4.78 is 77.0. The highest BCUT2D eigenvalue weighted by molar-refractivity contribution is 5.33. The van der Waals surface area contributed by atoms with Crippen molar-refractivity contribution in [3.63, 3.8) is 0 Å². The van der Waals surface area contributed by atoms with E-state index < -0.39 is 42.2 Å². The van der Waals surface area contributed by atoms with Crippen molar-refractivity contribution in [3.05, 3.63) is 77.1 Å². The van der Waals surface area contributed by atoms with Crippen molar-refractivity contribution in [2.45, 2.75) is 63.7 Å². The second-order valence-electron chi connectivity index (χ2n) is 8.81. The minimum absolute atomic E-state index is 0.0754. The van der Waals surface area contributed by atoms with E-state index in [2.05, 4.69) is 13.5 Å². The van der Waals surface area contributed by atoms with Crippen LogP contribution in [-0.2, 0) is 12.8 Å². The summed E-state index contributed by atoms with van der Waals surface area (Å²) in [5, 5.41) is 0. The van der Waals surface area contributed by atoms with Gasteiger partial charge in [0, 0.05) is 6.42 Å². The van der Waals surface area contributed by atoms with Crippen LogP contribution in [0.1, 0.15) is 61.6 Å². The van der Waals surface area contributed by atoms with E-state index in [9.17, 15) is 22.0 Å². The first-order chi connectivity index (χ1) is 15.2. The normalized spacial score (nSPS) is 19.1. The van der Waals surface area contributed by atoms with Crippen molar-refractivity contribution >= 4 is 0 Å². The fourth-order valence-corrected chi connectivity index (χ4v) is 4.22. The van der Waals surface area contributed by atoms with Crippen molar-refractivity contribution < 1.29 is 26.7 Å². The summed E-state index contributed by atoms with van der Waals surface area (Å²) in [7, 11) is 0. The highest BCUT2D eigenvalue weighted by atomic mass is 19.3. The molecule has 0 unspecified atom stereocenters. The Hall–Kier alpha value is -2.37. The quantitative estimate of drug-likeness (QED) is 0.279. The van der Waals surface area contributed by atoms with E-state index in [0.717, 1.165) is 25.7 Å². The van der Waals surface area contributed by atoms with Crippen molar-refractivity contribution in [1.82, 2.24) is 0 Å². The van der Waals surface area contributed by atoms with E-state index in [-0.39, 0.29) is 17.0 Å². The maximum absolute atomic E-state index is 14.6. The molecule has 1 aliphatic rings. The molecule has 0 amide bonds. The van der Waals surface area contributed by atoms with Gasteiger partial charge in [-0.3, -0.25) is 0 Å². The Labute approximate surface area is 186 Å². The molecule has 0 radical (unpaired) electrons. The second-order valence-corrected chi connectivity index (χ2v) is 8.81. The van der Waals surface area contributed by atoms with E-state index in [1.54, 1.807) is 12.1 Å². The van der Waals surface area contributed by atoms with Gasteiger partial charge in [-0.1, -0.05) is 44.0 Å². The van der Waals surface area contributed by atoms with Gasteiger partial charge in [-0.25, -0.2) is 17.6 Å². The first-order valence-corrected chi connectivity index (χ1v) is 11.1. The third-order valence-corrected chi connectivity index (χ3v) is 6.17. The minimum atomic E-state index is -3.45. The van der Waals surface area contributed by atoms with Crippen LogP contribution >= 0.6 is 0 Å². The molecule has 0 heterocycles. The first-order valence-electron chi connectivity index (χ1n) is 11.1. The van der Waals surface area contributed by atoms with Crippen LogP contribution in [-0.4, -0.2) is 12.5 Å². The Kier molecular flexibility index (Phi) is 7.96. The van der Waals surface area contributed by atoms with Gasteiger partial charge in [0.1, 0.15) is 5.82 Å². The predicted molar refractivity (Wildman–Crippen MR) is 116 cm³/mol. The monoisotopic (exact) mass is 452 g/mol. The lowest BCUT2D eigenvalue weighted by Gasteiger charge is -2.27. The molecule has 1 aliphatic carbocycles. The third kappa shape index (κ3) is 6.11. The molecule has 0 saturated heterocycles. The highest BCUT2D eigenvalue weighted by Gasteiger charge is 2.33.